The monoisotopic (exact) mass is 522 g/mol. The van der Waals surface area contributed by atoms with Crippen molar-refractivity contribution in [1.82, 2.24) is 10.6 Å². The number of aryl methyl sites for hydroxylation is 2. The Balaban J connectivity index is 1.76. The summed E-state index contributed by atoms with van der Waals surface area (Å²) in [6.07, 6.45) is 0.656. The van der Waals surface area contributed by atoms with Crippen molar-refractivity contribution in [1.29, 1.82) is 0 Å². The fourth-order valence-electron chi connectivity index (χ4n) is 4.43. The number of ether oxygens (including phenoxy) is 1. The normalized spacial score (nSPS) is 13.4. The maximum atomic E-state index is 13.1. The highest BCUT2D eigenvalue weighted by Crippen LogP contribution is 2.29. The van der Waals surface area contributed by atoms with Crippen molar-refractivity contribution in [2.75, 3.05) is 7.11 Å². The standard InChI is InChI=1S/C29H34N2O7/c1-6-16(2)24(27(33)31-25(28(34)35)19-10-8-7-9-11-19)30-23(32)15-13-21-17(3)20-12-14-22(37-5)18(4)26(20)38-29(21)36/h7-12,14,16,24-25H,6,13,15H2,1-5H3,(H,30,32)(H,31,33)(H,34,35)/t16-,24+,25-/m0/s1. The van der Waals surface area contributed by atoms with Crippen LogP contribution in [0.2, 0.25) is 0 Å². The molecule has 0 saturated heterocycles. The predicted molar refractivity (Wildman–Crippen MR) is 143 cm³/mol. The van der Waals surface area contributed by atoms with Gasteiger partial charge in [-0.3, -0.25) is 9.59 Å². The van der Waals surface area contributed by atoms with Gasteiger partial charge >= 0.3 is 11.6 Å². The molecule has 3 N–H and O–H groups in total. The number of benzene rings is 2. The molecule has 3 aromatic rings. The van der Waals surface area contributed by atoms with Gasteiger partial charge in [0.1, 0.15) is 17.4 Å². The molecule has 2 amide bonds. The lowest BCUT2D eigenvalue weighted by Crippen LogP contribution is -2.51. The quantitative estimate of drug-likeness (QED) is 0.326. The van der Waals surface area contributed by atoms with Gasteiger partial charge in [-0.2, -0.15) is 0 Å². The number of amides is 2. The van der Waals surface area contributed by atoms with E-state index < -0.39 is 35.5 Å². The Hall–Kier alpha value is -4.14. The van der Waals surface area contributed by atoms with Crippen molar-refractivity contribution in [3.63, 3.8) is 0 Å². The molecule has 1 aromatic heterocycles. The lowest BCUT2D eigenvalue weighted by atomic mass is 9.96. The average Bonchev–Trinajstić information content (AvgIpc) is 2.90. The maximum absolute atomic E-state index is 13.1. The minimum atomic E-state index is -1.25. The number of aliphatic carboxylic acids is 1. The van der Waals surface area contributed by atoms with Gasteiger partial charge in [0.05, 0.1) is 7.11 Å². The lowest BCUT2D eigenvalue weighted by molar-refractivity contribution is -0.142. The Bertz CT molecular complexity index is 1380. The molecule has 0 aliphatic carbocycles. The molecule has 3 rings (SSSR count). The number of carbonyl (C=O) groups is 3. The number of hydrogen-bond acceptors (Lipinski definition) is 6. The number of carboxylic acids is 1. The van der Waals surface area contributed by atoms with Gasteiger partial charge < -0.3 is 24.9 Å². The van der Waals surface area contributed by atoms with E-state index in [1.807, 2.05) is 33.8 Å². The summed E-state index contributed by atoms with van der Waals surface area (Å²) in [6, 6.07) is 9.79. The number of nitrogens with one attached hydrogen (secondary N) is 2. The fraction of sp³-hybridized carbons (Fsp3) is 0.379. The largest absolute Gasteiger partial charge is 0.496 e. The van der Waals surface area contributed by atoms with E-state index in [1.165, 1.54) is 0 Å². The molecule has 0 aliphatic rings. The number of rotatable bonds is 11. The van der Waals surface area contributed by atoms with Crippen LogP contribution in [0, 0.1) is 19.8 Å². The summed E-state index contributed by atoms with van der Waals surface area (Å²) in [5.41, 5.74) is 2.17. The van der Waals surface area contributed by atoms with Crippen LogP contribution in [0.3, 0.4) is 0 Å². The van der Waals surface area contributed by atoms with Crippen molar-refractivity contribution in [3.05, 3.63) is 75.1 Å². The second-order valence-electron chi connectivity index (χ2n) is 9.38. The highest BCUT2D eigenvalue weighted by Gasteiger charge is 2.30. The molecule has 9 nitrogen and oxygen atoms in total. The second kappa shape index (κ2) is 12.4. The van der Waals surface area contributed by atoms with Crippen LogP contribution in [-0.2, 0) is 20.8 Å². The van der Waals surface area contributed by atoms with Crippen LogP contribution >= 0.6 is 0 Å². The van der Waals surface area contributed by atoms with E-state index in [1.54, 1.807) is 43.5 Å². The van der Waals surface area contributed by atoms with Gasteiger partial charge in [-0.1, -0.05) is 50.6 Å². The van der Waals surface area contributed by atoms with Crippen molar-refractivity contribution >= 4 is 28.8 Å². The molecule has 1 heterocycles. The highest BCUT2D eigenvalue weighted by atomic mass is 16.5. The van der Waals surface area contributed by atoms with Crippen molar-refractivity contribution in [2.45, 2.75) is 59.0 Å². The predicted octanol–water partition coefficient (Wildman–Crippen LogP) is 3.82. The van der Waals surface area contributed by atoms with Crippen LogP contribution in [0.5, 0.6) is 5.75 Å². The average molecular weight is 523 g/mol. The summed E-state index contributed by atoms with van der Waals surface area (Å²) in [7, 11) is 1.54. The Morgan fingerprint density at radius 1 is 1.03 bits per heavy atom. The molecule has 0 aliphatic heterocycles. The summed E-state index contributed by atoms with van der Waals surface area (Å²) in [6.45, 7) is 7.30. The third-order valence-corrected chi connectivity index (χ3v) is 6.95. The molecule has 0 bridgehead atoms. The first-order valence-corrected chi connectivity index (χ1v) is 12.6. The molecular formula is C29H34N2O7. The van der Waals surface area contributed by atoms with Crippen LogP contribution < -0.4 is 21.0 Å². The van der Waals surface area contributed by atoms with E-state index in [0.29, 0.717) is 34.4 Å². The highest BCUT2D eigenvalue weighted by molar-refractivity contribution is 5.91. The van der Waals surface area contributed by atoms with E-state index in [2.05, 4.69) is 10.6 Å². The SMILES string of the molecule is CC[C@H](C)[C@@H](NC(=O)CCc1c(C)c2ccc(OC)c(C)c2oc1=O)C(=O)N[C@H](C(=O)O)c1ccccc1. The van der Waals surface area contributed by atoms with E-state index in [9.17, 15) is 24.3 Å². The molecule has 38 heavy (non-hydrogen) atoms. The van der Waals surface area contributed by atoms with Crippen LogP contribution in [-0.4, -0.2) is 36.0 Å². The summed E-state index contributed by atoms with van der Waals surface area (Å²) < 4.78 is 10.9. The van der Waals surface area contributed by atoms with E-state index in [-0.39, 0.29) is 18.8 Å². The molecule has 3 atom stereocenters. The first-order valence-electron chi connectivity index (χ1n) is 12.6. The Morgan fingerprint density at radius 2 is 1.71 bits per heavy atom. The maximum Gasteiger partial charge on any atom is 0.339 e. The van der Waals surface area contributed by atoms with E-state index >= 15 is 0 Å². The number of carbonyl (C=O) groups excluding carboxylic acids is 2. The van der Waals surface area contributed by atoms with Crippen LogP contribution in [0.1, 0.15) is 55.0 Å². The Kier molecular flexibility index (Phi) is 9.28. The Morgan fingerprint density at radius 3 is 2.32 bits per heavy atom. The molecule has 9 heteroatoms. The van der Waals surface area contributed by atoms with Gasteiger partial charge in [0.15, 0.2) is 6.04 Å². The number of fused-ring (bicyclic) bond motifs is 1. The van der Waals surface area contributed by atoms with Gasteiger partial charge in [-0.25, -0.2) is 9.59 Å². The topological polar surface area (TPSA) is 135 Å². The molecule has 0 fully saturated rings. The number of methoxy groups -OCH3 is 1. The van der Waals surface area contributed by atoms with Crippen molar-refractivity contribution in [2.24, 2.45) is 5.92 Å². The molecule has 0 saturated carbocycles. The lowest BCUT2D eigenvalue weighted by Gasteiger charge is -2.25. The first-order chi connectivity index (χ1) is 18.1. The molecule has 0 unspecified atom stereocenters. The van der Waals surface area contributed by atoms with Gasteiger partial charge in [0.25, 0.3) is 0 Å². The second-order valence-corrected chi connectivity index (χ2v) is 9.38. The smallest absolute Gasteiger partial charge is 0.339 e. The zero-order valence-electron chi connectivity index (χ0n) is 22.3. The summed E-state index contributed by atoms with van der Waals surface area (Å²) in [5, 5.41) is 15.7. The third kappa shape index (κ3) is 6.22. The minimum absolute atomic E-state index is 0.0481. The van der Waals surface area contributed by atoms with Crippen LogP contribution in [0.15, 0.2) is 51.7 Å². The van der Waals surface area contributed by atoms with E-state index in [0.717, 1.165) is 10.9 Å². The third-order valence-electron chi connectivity index (χ3n) is 6.95. The molecular weight excluding hydrogens is 488 g/mol. The number of hydrogen-bond donors (Lipinski definition) is 3. The van der Waals surface area contributed by atoms with Crippen LogP contribution in [0.4, 0.5) is 0 Å². The molecule has 2 aromatic carbocycles. The Labute approximate surface area is 221 Å². The molecule has 0 spiro atoms. The number of carboxylic acid groups (broad SMARTS) is 1. The first kappa shape index (κ1) is 28.4. The minimum Gasteiger partial charge on any atom is -0.496 e. The zero-order chi connectivity index (χ0) is 28.0. The zero-order valence-corrected chi connectivity index (χ0v) is 22.3. The van der Waals surface area contributed by atoms with Crippen molar-refractivity contribution in [3.8, 4) is 5.75 Å². The summed E-state index contributed by atoms with van der Waals surface area (Å²) >= 11 is 0. The fourth-order valence-corrected chi connectivity index (χ4v) is 4.43. The van der Waals surface area contributed by atoms with Crippen molar-refractivity contribution < 1.29 is 28.6 Å². The summed E-state index contributed by atoms with van der Waals surface area (Å²) in [4.78, 5) is 50.6. The molecule has 0 radical (unpaired) electrons. The van der Waals surface area contributed by atoms with E-state index in [4.69, 9.17) is 9.15 Å². The summed E-state index contributed by atoms with van der Waals surface area (Å²) in [5.74, 6) is -1.87. The van der Waals surface area contributed by atoms with Gasteiger partial charge in [0, 0.05) is 22.9 Å². The van der Waals surface area contributed by atoms with Gasteiger partial charge in [0.2, 0.25) is 11.8 Å². The van der Waals surface area contributed by atoms with Gasteiger partial charge in [-0.15, -0.1) is 0 Å². The van der Waals surface area contributed by atoms with Gasteiger partial charge in [-0.05, 0) is 49.4 Å². The van der Waals surface area contributed by atoms with Crippen LogP contribution in [0.25, 0.3) is 11.0 Å². The molecule has 202 valence electrons.